The van der Waals surface area contributed by atoms with Crippen LogP contribution in [0.25, 0.3) is 5.57 Å². The standard InChI is InChI=1S/C23H28O2S/c1-14(9-17-11-16(13-26-17)21(24)25)18-12-20-19(10-15(18)2)22(3,4)7-8-23(20,5)6/h10-13H,1,7-9H2,2-6H3,(H,24,25). The van der Waals surface area contributed by atoms with E-state index in [1.807, 2.05) is 0 Å². The molecular weight excluding hydrogens is 340 g/mol. The molecule has 0 amide bonds. The highest BCUT2D eigenvalue weighted by Gasteiger charge is 2.37. The third-order valence-corrected chi connectivity index (χ3v) is 6.80. The lowest BCUT2D eigenvalue weighted by Gasteiger charge is -2.42. The van der Waals surface area contributed by atoms with Crippen LogP contribution in [0.1, 0.15) is 78.0 Å². The van der Waals surface area contributed by atoms with Gasteiger partial charge in [-0.25, -0.2) is 4.79 Å². The first-order valence-electron chi connectivity index (χ1n) is 9.16. The topological polar surface area (TPSA) is 37.3 Å². The molecular formula is C23H28O2S. The van der Waals surface area contributed by atoms with E-state index >= 15 is 0 Å². The molecule has 0 atom stereocenters. The first kappa shape index (κ1) is 18.9. The molecule has 3 rings (SSSR count). The molecule has 0 saturated carbocycles. The Morgan fingerprint density at radius 3 is 2.23 bits per heavy atom. The quantitative estimate of drug-likeness (QED) is 0.682. The highest BCUT2D eigenvalue weighted by atomic mass is 32.1. The van der Waals surface area contributed by atoms with Crippen LogP contribution in [0.2, 0.25) is 0 Å². The van der Waals surface area contributed by atoms with Crippen LogP contribution >= 0.6 is 11.3 Å². The number of carboxylic acid groups (broad SMARTS) is 1. The number of benzene rings is 1. The number of hydrogen-bond acceptors (Lipinski definition) is 2. The normalized spacial score (nSPS) is 17.6. The van der Waals surface area contributed by atoms with E-state index in [-0.39, 0.29) is 10.8 Å². The van der Waals surface area contributed by atoms with Crippen molar-refractivity contribution < 1.29 is 9.90 Å². The summed E-state index contributed by atoms with van der Waals surface area (Å²) in [6, 6.07) is 6.46. The van der Waals surface area contributed by atoms with Crippen molar-refractivity contribution >= 4 is 22.9 Å². The van der Waals surface area contributed by atoms with Gasteiger partial charge in [-0.3, -0.25) is 0 Å². The Balaban J connectivity index is 1.97. The molecule has 1 N–H and O–H groups in total. The molecule has 1 aromatic heterocycles. The second-order valence-corrected chi connectivity index (χ2v) is 9.86. The molecule has 0 fully saturated rings. The molecule has 0 saturated heterocycles. The van der Waals surface area contributed by atoms with Gasteiger partial charge < -0.3 is 5.11 Å². The molecule has 1 aromatic carbocycles. The second kappa shape index (κ2) is 6.38. The maximum absolute atomic E-state index is 11.1. The third-order valence-electron chi connectivity index (χ3n) is 5.87. The van der Waals surface area contributed by atoms with E-state index in [4.69, 9.17) is 5.11 Å². The highest BCUT2D eigenvalue weighted by molar-refractivity contribution is 7.10. The Hall–Kier alpha value is -1.87. The lowest BCUT2D eigenvalue weighted by molar-refractivity contribution is 0.0697. The van der Waals surface area contributed by atoms with Gasteiger partial charge in [0.2, 0.25) is 0 Å². The summed E-state index contributed by atoms with van der Waals surface area (Å²) in [4.78, 5) is 12.1. The van der Waals surface area contributed by atoms with Crippen LogP contribution in [0.5, 0.6) is 0 Å². The summed E-state index contributed by atoms with van der Waals surface area (Å²) in [6.45, 7) is 15.8. The van der Waals surface area contributed by atoms with Gasteiger partial charge in [-0.05, 0) is 64.5 Å². The Kier molecular flexibility index (Phi) is 4.64. The summed E-state index contributed by atoms with van der Waals surface area (Å²) < 4.78 is 0. The molecule has 3 heteroatoms. The van der Waals surface area contributed by atoms with E-state index in [0.717, 1.165) is 10.5 Å². The van der Waals surface area contributed by atoms with Crippen LogP contribution in [0.4, 0.5) is 0 Å². The molecule has 0 spiro atoms. The van der Waals surface area contributed by atoms with Gasteiger partial charge in [-0.1, -0.05) is 46.4 Å². The summed E-state index contributed by atoms with van der Waals surface area (Å²) in [5.74, 6) is -0.868. The fourth-order valence-electron chi connectivity index (χ4n) is 3.99. The molecule has 0 aliphatic heterocycles. The number of aromatic carboxylic acids is 1. The smallest absolute Gasteiger partial charge is 0.336 e. The Morgan fingerprint density at radius 2 is 1.69 bits per heavy atom. The summed E-state index contributed by atoms with van der Waals surface area (Å²) in [5, 5.41) is 10.8. The summed E-state index contributed by atoms with van der Waals surface area (Å²) >= 11 is 1.49. The number of carboxylic acids is 1. The van der Waals surface area contributed by atoms with Crippen LogP contribution in [-0.2, 0) is 17.3 Å². The lowest BCUT2D eigenvalue weighted by Crippen LogP contribution is -2.34. The van der Waals surface area contributed by atoms with Crippen molar-refractivity contribution in [3.05, 3.63) is 62.9 Å². The number of allylic oxidation sites excluding steroid dienone is 1. The third kappa shape index (κ3) is 3.37. The molecule has 138 valence electrons. The molecule has 0 radical (unpaired) electrons. The zero-order valence-electron chi connectivity index (χ0n) is 16.4. The zero-order valence-corrected chi connectivity index (χ0v) is 17.2. The predicted molar refractivity (Wildman–Crippen MR) is 110 cm³/mol. The van der Waals surface area contributed by atoms with Crippen molar-refractivity contribution in [2.75, 3.05) is 0 Å². The maximum atomic E-state index is 11.1. The summed E-state index contributed by atoms with van der Waals surface area (Å²) in [6.07, 6.45) is 3.09. The van der Waals surface area contributed by atoms with Gasteiger partial charge in [0.1, 0.15) is 0 Å². The van der Waals surface area contributed by atoms with Gasteiger partial charge in [0.05, 0.1) is 5.56 Å². The van der Waals surface area contributed by atoms with Gasteiger partial charge >= 0.3 is 5.97 Å². The Labute approximate surface area is 160 Å². The van der Waals surface area contributed by atoms with Crippen molar-refractivity contribution in [1.29, 1.82) is 0 Å². The number of aryl methyl sites for hydroxylation is 1. The lowest BCUT2D eigenvalue weighted by atomic mass is 9.62. The average Bonchev–Trinajstić information content (AvgIpc) is 3.00. The van der Waals surface area contributed by atoms with Crippen LogP contribution in [0, 0.1) is 6.92 Å². The van der Waals surface area contributed by atoms with Gasteiger partial charge in [0, 0.05) is 16.7 Å². The van der Waals surface area contributed by atoms with Gasteiger partial charge in [-0.15, -0.1) is 11.3 Å². The first-order valence-corrected chi connectivity index (χ1v) is 10.0. The molecule has 2 aromatic rings. The predicted octanol–water partition coefficient (Wildman–Crippen LogP) is 6.36. The number of carbonyl (C=O) groups is 1. The molecule has 1 heterocycles. The molecule has 1 aliphatic carbocycles. The van der Waals surface area contributed by atoms with Crippen LogP contribution in [-0.4, -0.2) is 11.1 Å². The van der Waals surface area contributed by atoms with E-state index < -0.39 is 5.97 Å². The number of fused-ring (bicyclic) bond motifs is 1. The van der Waals surface area contributed by atoms with E-state index in [1.165, 1.54) is 46.4 Å². The monoisotopic (exact) mass is 368 g/mol. The minimum Gasteiger partial charge on any atom is -0.478 e. The molecule has 26 heavy (non-hydrogen) atoms. The van der Waals surface area contributed by atoms with Gasteiger partial charge in [-0.2, -0.15) is 0 Å². The molecule has 2 nitrogen and oxygen atoms in total. The highest BCUT2D eigenvalue weighted by Crippen LogP contribution is 2.47. The first-order chi connectivity index (χ1) is 12.0. The van der Waals surface area contributed by atoms with Crippen molar-refractivity contribution in [1.82, 2.24) is 0 Å². The van der Waals surface area contributed by atoms with Gasteiger partial charge in [0.25, 0.3) is 0 Å². The van der Waals surface area contributed by atoms with Crippen molar-refractivity contribution in [2.45, 2.75) is 64.7 Å². The van der Waals surface area contributed by atoms with E-state index in [2.05, 4.69) is 53.3 Å². The number of thiophene rings is 1. The molecule has 0 bridgehead atoms. The van der Waals surface area contributed by atoms with E-state index in [1.54, 1.807) is 11.4 Å². The minimum absolute atomic E-state index is 0.174. The number of hydrogen-bond donors (Lipinski definition) is 1. The van der Waals surface area contributed by atoms with Gasteiger partial charge in [0.15, 0.2) is 0 Å². The average molecular weight is 369 g/mol. The fraction of sp³-hybridized carbons (Fsp3) is 0.435. The van der Waals surface area contributed by atoms with Crippen LogP contribution < -0.4 is 0 Å². The fourth-order valence-corrected chi connectivity index (χ4v) is 4.89. The van der Waals surface area contributed by atoms with Crippen molar-refractivity contribution in [3.63, 3.8) is 0 Å². The molecule has 0 unspecified atom stereocenters. The van der Waals surface area contributed by atoms with Crippen molar-refractivity contribution in [3.8, 4) is 0 Å². The van der Waals surface area contributed by atoms with E-state index in [0.29, 0.717) is 12.0 Å². The molecule has 1 aliphatic rings. The minimum atomic E-state index is -0.868. The van der Waals surface area contributed by atoms with Crippen molar-refractivity contribution in [2.24, 2.45) is 0 Å². The largest absolute Gasteiger partial charge is 0.478 e. The SMILES string of the molecule is C=C(Cc1cc(C(=O)O)cs1)c1cc2c(cc1C)C(C)(C)CCC2(C)C. The summed E-state index contributed by atoms with van der Waals surface area (Å²) in [7, 11) is 0. The Morgan fingerprint density at radius 1 is 1.12 bits per heavy atom. The van der Waals surface area contributed by atoms with E-state index in [9.17, 15) is 4.79 Å². The zero-order chi connectivity index (χ0) is 19.3. The Bertz CT molecular complexity index is 884. The van der Waals surface area contributed by atoms with Crippen LogP contribution in [0.15, 0.2) is 30.2 Å². The second-order valence-electron chi connectivity index (χ2n) is 8.87. The maximum Gasteiger partial charge on any atom is 0.336 e. The van der Waals surface area contributed by atoms with Crippen LogP contribution in [0.3, 0.4) is 0 Å². The number of rotatable bonds is 4. The summed E-state index contributed by atoms with van der Waals surface area (Å²) in [5.41, 5.74) is 7.17.